The molecule has 0 N–H and O–H groups in total. The molecule has 4 aromatic rings. The van der Waals surface area contributed by atoms with Crippen LogP contribution in [-0.2, 0) is 22.6 Å². The summed E-state index contributed by atoms with van der Waals surface area (Å²) in [6, 6.07) is 18.4. The second kappa shape index (κ2) is 7.60. The van der Waals surface area contributed by atoms with Gasteiger partial charge in [0.25, 0.3) is 5.89 Å². The van der Waals surface area contributed by atoms with Gasteiger partial charge in [-0.15, -0.1) is 0 Å². The van der Waals surface area contributed by atoms with Gasteiger partial charge in [-0.25, -0.2) is 4.39 Å². The number of ether oxygens (including phenoxy) is 1. The minimum Gasteiger partial charge on any atom is -0.455 e. The lowest BCUT2D eigenvalue weighted by Gasteiger charge is -2.06. The lowest BCUT2D eigenvalue weighted by Crippen LogP contribution is -2.08. The fourth-order valence-electron chi connectivity index (χ4n) is 2.96. The van der Waals surface area contributed by atoms with E-state index >= 15 is 0 Å². The molecule has 1 aromatic heterocycles. The molecule has 1 heterocycles. The Kier molecular flexibility index (Phi) is 4.85. The molecule has 6 heteroatoms. The monoisotopic (exact) mass is 376 g/mol. The quantitative estimate of drug-likeness (QED) is 0.476. The highest BCUT2D eigenvalue weighted by Crippen LogP contribution is 2.21. The van der Waals surface area contributed by atoms with Gasteiger partial charge in [0.15, 0.2) is 6.61 Å². The highest BCUT2D eigenvalue weighted by atomic mass is 19.1. The minimum atomic E-state index is -0.391. The van der Waals surface area contributed by atoms with Crippen LogP contribution in [-0.4, -0.2) is 16.1 Å². The number of carbonyl (C=O) groups excluding carboxylic acids is 1. The largest absolute Gasteiger partial charge is 0.455 e. The van der Waals surface area contributed by atoms with Crippen LogP contribution in [0.5, 0.6) is 0 Å². The smallest absolute Gasteiger partial charge is 0.310 e. The molecule has 5 nitrogen and oxygen atoms in total. The number of nitrogens with zero attached hydrogens (tertiary/aromatic N) is 2. The summed E-state index contributed by atoms with van der Waals surface area (Å²) in [6.45, 7) is 1.54. The lowest BCUT2D eigenvalue weighted by molar-refractivity contribution is -0.144. The standard InChI is InChI=1S/C22H17FN2O3/c1-14-9-10-17(11-19(14)23)22-24-20(28-25-22)13-27-21(26)12-16-7-4-6-15-5-2-3-8-18(15)16/h2-11H,12-13H2,1H3. The van der Waals surface area contributed by atoms with Gasteiger partial charge >= 0.3 is 5.97 Å². The van der Waals surface area contributed by atoms with Crippen LogP contribution in [0.1, 0.15) is 17.0 Å². The number of hydrogen-bond acceptors (Lipinski definition) is 5. The average Bonchev–Trinajstić information content (AvgIpc) is 3.18. The first-order chi connectivity index (χ1) is 13.6. The van der Waals surface area contributed by atoms with Crippen LogP contribution in [0.3, 0.4) is 0 Å². The van der Waals surface area contributed by atoms with Gasteiger partial charge in [-0.2, -0.15) is 4.98 Å². The van der Waals surface area contributed by atoms with Crippen molar-refractivity contribution in [1.82, 2.24) is 10.1 Å². The molecule has 0 saturated carbocycles. The molecule has 0 amide bonds. The summed E-state index contributed by atoms with van der Waals surface area (Å²) in [5.74, 6) is -0.330. The molecule has 0 aliphatic rings. The van der Waals surface area contributed by atoms with Gasteiger partial charge in [0.05, 0.1) is 6.42 Å². The Bertz CT molecular complexity index is 1150. The van der Waals surface area contributed by atoms with E-state index in [0.717, 1.165) is 16.3 Å². The predicted octanol–water partition coefficient (Wildman–Crippen LogP) is 4.62. The normalized spacial score (nSPS) is 10.9. The molecule has 4 rings (SSSR count). The Balaban J connectivity index is 1.41. The van der Waals surface area contributed by atoms with Crippen molar-refractivity contribution in [2.75, 3.05) is 0 Å². The SMILES string of the molecule is Cc1ccc(-c2noc(COC(=O)Cc3cccc4ccccc34)n2)cc1F. The van der Waals surface area contributed by atoms with E-state index in [1.165, 1.54) is 6.07 Å². The fraction of sp³-hybridized carbons (Fsp3) is 0.136. The number of aromatic nitrogens is 2. The molecule has 0 spiro atoms. The van der Waals surface area contributed by atoms with Crippen LogP contribution in [0.4, 0.5) is 4.39 Å². The molecule has 0 saturated heterocycles. The van der Waals surface area contributed by atoms with Crippen molar-refractivity contribution >= 4 is 16.7 Å². The Hall–Kier alpha value is -3.54. The van der Waals surface area contributed by atoms with E-state index in [1.54, 1.807) is 19.1 Å². The van der Waals surface area contributed by atoms with Crippen molar-refractivity contribution in [3.05, 3.63) is 83.5 Å². The maximum atomic E-state index is 13.7. The average molecular weight is 376 g/mol. The summed E-state index contributed by atoms with van der Waals surface area (Å²) in [5, 5.41) is 5.90. The zero-order valence-electron chi connectivity index (χ0n) is 15.2. The fourth-order valence-corrected chi connectivity index (χ4v) is 2.96. The number of benzene rings is 3. The number of halogens is 1. The first-order valence-corrected chi connectivity index (χ1v) is 8.81. The van der Waals surface area contributed by atoms with Gasteiger partial charge in [0, 0.05) is 5.56 Å². The number of rotatable bonds is 5. The van der Waals surface area contributed by atoms with Crippen molar-refractivity contribution in [3.8, 4) is 11.4 Å². The number of hydrogen-bond donors (Lipinski definition) is 0. The second-order valence-corrected chi connectivity index (χ2v) is 6.45. The number of aryl methyl sites for hydroxylation is 1. The minimum absolute atomic E-state index is 0.134. The molecule has 0 aliphatic heterocycles. The Morgan fingerprint density at radius 3 is 2.79 bits per heavy atom. The Morgan fingerprint density at radius 1 is 1.11 bits per heavy atom. The maximum absolute atomic E-state index is 13.7. The molecule has 0 bridgehead atoms. The van der Waals surface area contributed by atoms with Gasteiger partial charge in [-0.1, -0.05) is 59.8 Å². The van der Waals surface area contributed by atoms with Gasteiger partial charge < -0.3 is 9.26 Å². The van der Waals surface area contributed by atoms with E-state index in [-0.39, 0.29) is 30.6 Å². The lowest BCUT2D eigenvalue weighted by atomic mass is 10.0. The van der Waals surface area contributed by atoms with E-state index < -0.39 is 5.97 Å². The van der Waals surface area contributed by atoms with Gasteiger partial charge in [-0.05, 0) is 34.9 Å². The first kappa shape index (κ1) is 17.9. The van der Waals surface area contributed by atoms with Crippen LogP contribution in [0.25, 0.3) is 22.2 Å². The zero-order valence-corrected chi connectivity index (χ0v) is 15.2. The van der Waals surface area contributed by atoms with Crippen LogP contribution in [0, 0.1) is 12.7 Å². The van der Waals surface area contributed by atoms with Crippen LogP contribution in [0.15, 0.2) is 65.2 Å². The molecule has 28 heavy (non-hydrogen) atoms. The second-order valence-electron chi connectivity index (χ2n) is 6.45. The Morgan fingerprint density at radius 2 is 1.93 bits per heavy atom. The highest BCUT2D eigenvalue weighted by molar-refractivity contribution is 5.88. The van der Waals surface area contributed by atoms with E-state index in [9.17, 15) is 9.18 Å². The summed E-state index contributed by atoms with van der Waals surface area (Å²) < 4.78 is 24.1. The third-order valence-electron chi connectivity index (χ3n) is 4.47. The molecule has 0 radical (unpaired) electrons. The molecule has 0 fully saturated rings. The van der Waals surface area contributed by atoms with E-state index in [2.05, 4.69) is 10.1 Å². The molecule has 0 unspecified atom stereocenters. The van der Waals surface area contributed by atoms with Crippen molar-refractivity contribution in [1.29, 1.82) is 0 Å². The van der Waals surface area contributed by atoms with Crippen molar-refractivity contribution in [3.63, 3.8) is 0 Å². The van der Waals surface area contributed by atoms with Crippen LogP contribution >= 0.6 is 0 Å². The van der Waals surface area contributed by atoms with E-state index in [0.29, 0.717) is 11.1 Å². The van der Waals surface area contributed by atoms with E-state index in [1.807, 2.05) is 42.5 Å². The van der Waals surface area contributed by atoms with Crippen LogP contribution in [0.2, 0.25) is 0 Å². The van der Waals surface area contributed by atoms with Gasteiger partial charge in [0.2, 0.25) is 5.82 Å². The Labute approximate surface area is 160 Å². The summed E-state index contributed by atoms with van der Waals surface area (Å²) in [5.41, 5.74) is 1.93. The van der Waals surface area contributed by atoms with Crippen LogP contribution < -0.4 is 0 Å². The predicted molar refractivity (Wildman–Crippen MR) is 102 cm³/mol. The van der Waals surface area contributed by atoms with Gasteiger partial charge in [0.1, 0.15) is 5.82 Å². The summed E-state index contributed by atoms with van der Waals surface area (Å²) >= 11 is 0. The van der Waals surface area contributed by atoms with Crippen molar-refractivity contribution < 1.29 is 18.4 Å². The number of carbonyl (C=O) groups is 1. The first-order valence-electron chi connectivity index (χ1n) is 8.81. The third-order valence-corrected chi connectivity index (χ3v) is 4.47. The zero-order chi connectivity index (χ0) is 19.5. The molecular weight excluding hydrogens is 359 g/mol. The van der Waals surface area contributed by atoms with Crippen molar-refractivity contribution in [2.24, 2.45) is 0 Å². The molecule has 0 atom stereocenters. The summed E-state index contributed by atoms with van der Waals surface area (Å²) in [7, 11) is 0. The molecule has 3 aromatic carbocycles. The van der Waals surface area contributed by atoms with Crippen molar-refractivity contribution in [2.45, 2.75) is 20.0 Å². The summed E-state index contributed by atoms with van der Waals surface area (Å²) in [6.07, 6.45) is 0.144. The van der Waals surface area contributed by atoms with Gasteiger partial charge in [-0.3, -0.25) is 4.79 Å². The molecule has 140 valence electrons. The highest BCUT2D eigenvalue weighted by Gasteiger charge is 2.13. The molecule has 0 aliphatic carbocycles. The number of fused-ring (bicyclic) bond motifs is 1. The number of esters is 1. The summed E-state index contributed by atoms with van der Waals surface area (Å²) in [4.78, 5) is 16.4. The third kappa shape index (κ3) is 3.76. The van der Waals surface area contributed by atoms with E-state index in [4.69, 9.17) is 9.26 Å². The molecular formula is C22H17FN2O3. The topological polar surface area (TPSA) is 65.2 Å². The maximum Gasteiger partial charge on any atom is 0.310 e.